The Hall–Kier alpha value is -1.92. The molecule has 0 radical (unpaired) electrons. The van der Waals surface area contributed by atoms with Gasteiger partial charge in [0.15, 0.2) is 0 Å². The maximum Gasteiger partial charge on any atom is 0.240 e. The van der Waals surface area contributed by atoms with Crippen LogP contribution >= 0.6 is 0 Å². The molecule has 0 saturated carbocycles. The van der Waals surface area contributed by atoms with Gasteiger partial charge in [-0.3, -0.25) is 4.98 Å². The third-order valence-corrected chi connectivity index (χ3v) is 7.24. The Balaban J connectivity index is 1.33. The highest BCUT2D eigenvalue weighted by molar-refractivity contribution is 7.89. The molecular weight excluding hydrogens is 358 g/mol. The average Bonchev–Trinajstić information content (AvgIpc) is 2.73. The van der Waals surface area contributed by atoms with Crippen LogP contribution in [0.2, 0.25) is 0 Å². The molecule has 144 valence electrons. The molecule has 1 fully saturated rings. The van der Waals surface area contributed by atoms with Crippen LogP contribution in [0.1, 0.15) is 36.8 Å². The number of hydrogen-bond donors (Lipinski definition) is 1. The van der Waals surface area contributed by atoms with Gasteiger partial charge >= 0.3 is 0 Å². The number of anilines is 1. The minimum atomic E-state index is -3.43. The second-order valence-electron chi connectivity index (χ2n) is 7.63. The summed E-state index contributed by atoms with van der Waals surface area (Å²) in [5, 5.41) is 0. The van der Waals surface area contributed by atoms with E-state index < -0.39 is 10.0 Å². The Kier molecular flexibility index (Phi) is 5.45. The number of piperidine rings is 1. The number of rotatable bonds is 5. The van der Waals surface area contributed by atoms with Crippen molar-refractivity contribution in [3.05, 3.63) is 53.9 Å². The van der Waals surface area contributed by atoms with Crippen molar-refractivity contribution >= 4 is 15.7 Å². The maximum atomic E-state index is 12.7. The van der Waals surface area contributed by atoms with Crippen molar-refractivity contribution in [3.8, 4) is 0 Å². The molecule has 2 heterocycles. The number of aryl methyl sites for hydroxylation is 2. The average molecular weight is 386 g/mol. The first-order chi connectivity index (χ1) is 13.1. The molecule has 4 rings (SSSR count). The molecule has 1 aromatic carbocycles. The highest BCUT2D eigenvalue weighted by Crippen LogP contribution is 2.25. The third kappa shape index (κ3) is 4.33. The second kappa shape index (κ2) is 7.98. The van der Waals surface area contributed by atoms with E-state index >= 15 is 0 Å². The Labute approximate surface area is 161 Å². The Morgan fingerprint density at radius 1 is 1.07 bits per heavy atom. The SMILES string of the molecule is O=S(=O)(NCC1CCN(c2cccnc2)CC1)c1ccc2c(c1)CCCC2. The van der Waals surface area contributed by atoms with Gasteiger partial charge in [0.25, 0.3) is 0 Å². The topological polar surface area (TPSA) is 62.3 Å². The van der Waals surface area contributed by atoms with Gasteiger partial charge in [0.05, 0.1) is 16.8 Å². The highest BCUT2D eigenvalue weighted by Gasteiger charge is 2.23. The van der Waals surface area contributed by atoms with Crippen molar-refractivity contribution in [2.75, 3.05) is 24.5 Å². The Morgan fingerprint density at radius 2 is 1.85 bits per heavy atom. The molecule has 0 unspecified atom stereocenters. The lowest BCUT2D eigenvalue weighted by molar-refractivity contribution is 0.402. The Morgan fingerprint density at radius 3 is 2.59 bits per heavy atom. The number of nitrogens with one attached hydrogen (secondary N) is 1. The molecule has 1 saturated heterocycles. The minimum Gasteiger partial charge on any atom is -0.370 e. The van der Waals surface area contributed by atoms with E-state index in [9.17, 15) is 8.42 Å². The van der Waals surface area contributed by atoms with Crippen molar-refractivity contribution in [1.29, 1.82) is 0 Å². The van der Waals surface area contributed by atoms with E-state index in [1.165, 1.54) is 17.5 Å². The smallest absolute Gasteiger partial charge is 0.240 e. The molecular formula is C21H27N3O2S. The molecule has 1 aliphatic carbocycles. The fraction of sp³-hybridized carbons (Fsp3) is 0.476. The van der Waals surface area contributed by atoms with Crippen LogP contribution in [-0.4, -0.2) is 33.0 Å². The number of sulfonamides is 1. The molecule has 5 nitrogen and oxygen atoms in total. The van der Waals surface area contributed by atoms with Crippen LogP contribution in [0, 0.1) is 5.92 Å². The summed E-state index contributed by atoms with van der Waals surface area (Å²) in [6, 6.07) is 9.66. The van der Waals surface area contributed by atoms with Gasteiger partial charge in [0.1, 0.15) is 0 Å². The van der Waals surface area contributed by atoms with Gasteiger partial charge < -0.3 is 4.90 Å². The lowest BCUT2D eigenvalue weighted by Gasteiger charge is -2.33. The zero-order valence-electron chi connectivity index (χ0n) is 15.6. The summed E-state index contributed by atoms with van der Waals surface area (Å²) < 4.78 is 28.3. The summed E-state index contributed by atoms with van der Waals surface area (Å²) in [6.07, 6.45) is 10.1. The first kappa shape index (κ1) is 18.4. The normalized spacial score (nSPS) is 18.3. The van der Waals surface area contributed by atoms with Gasteiger partial charge in [-0.15, -0.1) is 0 Å². The van der Waals surface area contributed by atoms with E-state index in [0.29, 0.717) is 17.4 Å². The van der Waals surface area contributed by atoms with Crippen LogP contribution in [0.15, 0.2) is 47.6 Å². The van der Waals surface area contributed by atoms with Gasteiger partial charge in [-0.05, 0) is 79.8 Å². The van der Waals surface area contributed by atoms with E-state index in [2.05, 4.69) is 20.7 Å². The van der Waals surface area contributed by atoms with Crippen molar-refractivity contribution in [2.45, 2.75) is 43.4 Å². The quantitative estimate of drug-likeness (QED) is 0.859. The number of hydrogen-bond acceptors (Lipinski definition) is 4. The van der Waals surface area contributed by atoms with Crippen LogP contribution in [0.25, 0.3) is 0 Å². The summed E-state index contributed by atoms with van der Waals surface area (Å²) in [5.74, 6) is 0.380. The number of nitrogens with zero attached hydrogens (tertiary/aromatic N) is 2. The molecule has 0 atom stereocenters. The number of benzene rings is 1. The maximum absolute atomic E-state index is 12.7. The van der Waals surface area contributed by atoms with Gasteiger partial charge in [-0.1, -0.05) is 6.07 Å². The monoisotopic (exact) mass is 385 g/mol. The van der Waals surface area contributed by atoms with E-state index in [1.807, 2.05) is 24.4 Å². The zero-order chi connectivity index (χ0) is 18.7. The zero-order valence-corrected chi connectivity index (χ0v) is 16.4. The van der Waals surface area contributed by atoms with Crippen LogP contribution in [0.5, 0.6) is 0 Å². The molecule has 1 aliphatic heterocycles. The number of pyridine rings is 1. The fourth-order valence-corrected chi connectivity index (χ4v) is 5.29. The molecule has 1 aromatic heterocycles. The molecule has 27 heavy (non-hydrogen) atoms. The van der Waals surface area contributed by atoms with Crippen LogP contribution in [0.4, 0.5) is 5.69 Å². The predicted molar refractivity (Wildman–Crippen MR) is 107 cm³/mol. The van der Waals surface area contributed by atoms with Gasteiger partial charge in [-0.2, -0.15) is 0 Å². The van der Waals surface area contributed by atoms with Crippen molar-refractivity contribution < 1.29 is 8.42 Å². The standard InChI is InChI=1S/C21H27N3O2S/c25-27(26,21-8-7-18-4-1-2-5-19(18)14-21)23-15-17-9-12-24(13-10-17)20-6-3-11-22-16-20/h3,6-8,11,14,16-17,23H,1-2,4-5,9-10,12-13,15H2. The van der Waals surface area contributed by atoms with Crippen LogP contribution in [0.3, 0.4) is 0 Å². The predicted octanol–water partition coefficient (Wildman–Crippen LogP) is 3.16. The number of aromatic nitrogens is 1. The lowest BCUT2D eigenvalue weighted by Crippen LogP contribution is -2.38. The molecule has 6 heteroatoms. The van der Waals surface area contributed by atoms with E-state index in [-0.39, 0.29) is 0 Å². The first-order valence-electron chi connectivity index (χ1n) is 9.88. The van der Waals surface area contributed by atoms with E-state index in [4.69, 9.17) is 0 Å². The molecule has 0 bridgehead atoms. The van der Waals surface area contributed by atoms with E-state index in [1.54, 1.807) is 12.3 Å². The molecule has 2 aliphatic rings. The molecule has 1 N–H and O–H groups in total. The number of fused-ring (bicyclic) bond motifs is 1. The van der Waals surface area contributed by atoms with Gasteiger partial charge in [-0.25, -0.2) is 13.1 Å². The second-order valence-corrected chi connectivity index (χ2v) is 9.40. The lowest BCUT2D eigenvalue weighted by atomic mass is 9.92. The summed E-state index contributed by atoms with van der Waals surface area (Å²) in [7, 11) is -3.43. The summed E-state index contributed by atoms with van der Waals surface area (Å²) in [5.41, 5.74) is 3.66. The highest BCUT2D eigenvalue weighted by atomic mass is 32.2. The minimum absolute atomic E-state index is 0.380. The first-order valence-corrected chi connectivity index (χ1v) is 11.4. The summed E-state index contributed by atoms with van der Waals surface area (Å²) in [6.45, 7) is 2.40. The largest absolute Gasteiger partial charge is 0.370 e. The molecule has 2 aromatic rings. The molecule has 0 spiro atoms. The summed E-state index contributed by atoms with van der Waals surface area (Å²) >= 11 is 0. The fourth-order valence-electron chi connectivity index (χ4n) is 4.12. The van der Waals surface area contributed by atoms with Crippen molar-refractivity contribution in [1.82, 2.24) is 9.71 Å². The molecule has 0 amide bonds. The van der Waals surface area contributed by atoms with Gasteiger partial charge in [0.2, 0.25) is 10.0 Å². The van der Waals surface area contributed by atoms with Gasteiger partial charge in [0, 0.05) is 25.8 Å². The van der Waals surface area contributed by atoms with E-state index in [0.717, 1.165) is 50.9 Å². The van der Waals surface area contributed by atoms with Crippen LogP contribution < -0.4 is 9.62 Å². The van der Waals surface area contributed by atoms with Crippen molar-refractivity contribution in [2.24, 2.45) is 5.92 Å². The Bertz CT molecular complexity index is 876. The summed E-state index contributed by atoms with van der Waals surface area (Å²) in [4.78, 5) is 6.91. The van der Waals surface area contributed by atoms with Crippen LogP contribution in [-0.2, 0) is 22.9 Å². The van der Waals surface area contributed by atoms with Crippen molar-refractivity contribution in [3.63, 3.8) is 0 Å². The third-order valence-electron chi connectivity index (χ3n) is 5.82.